The first kappa shape index (κ1) is 14.3. The Morgan fingerprint density at radius 1 is 1.58 bits per heavy atom. The highest BCUT2D eigenvalue weighted by Gasteiger charge is 2.23. The topological polar surface area (TPSA) is 91.2 Å². The van der Waals surface area contributed by atoms with Crippen LogP contribution in [0.15, 0.2) is 0 Å². The number of anilines is 1. The molecule has 1 aromatic rings. The largest absolute Gasteiger partial charge is 0.384 e. The van der Waals surface area contributed by atoms with Gasteiger partial charge in [-0.25, -0.2) is 8.42 Å². The van der Waals surface area contributed by atoms with Gasteiger partial charge in [-0.15, -0.1) is 11.3 Å². The number of nitrogens with one attached hydrogen (secondary N) is 2. The van der Waals surface area contributed by atoms with Crippen LogP contribution in [0.3, 0.4) is 0 Å². The molecular formula is C11H15N3O3S2. The second-order valence-corrected chi connectivity index (χ2v) is 7.11. The number of hydrogen-bond acceptors (Lipinski definition) is 6. The molecule has 1 aromatic heterocycles. The average Bonchev–Trinajstić information content (AvgIpc) is 2.72. The summed E-state index contributed by atoms with van der Waals surface area (Å²) in [4.78, 5) is 1.03. The summed E-state index contributed by atoms with van der Waals surface area (Å²) in [5.74, 6) is -0.116. The van der Waals surface area contributed by atoms with Crippen molar-refractivity contribution in [1.82, 2.24) is 5.32 Å². The molecule has 0 atom stereocenters. The second kappa shape index (κ2) is 5.88. The predicted molar refractivity (Wildman–Crippen MR) is 73.7 cm³/mol. The lowest BCUT2D eigenvalue weighted by Gasteiger charge is -2.11. The van der Waals surface area contributed by atoms with Crippen molar-refractivity contribution < 1.29 is 13.2 Å². The fourth-order valence-electron chi connectivity index (χ4n) is 1.91. The summed E-state index contributed by atoms with van der Waals surface area (Å²) >= 11 is 1.33. The second-order valence-electron chi connectivity index (χ2n) is 4.16. The van der Waals surface area contributed by atoms with Gasteiger partial charge in [0, 0.05) is 18.5 Å². The molecule has 2 N–H and O–H groups in total. The van der Waals surface area contributed by atoms with E-state index in [1.807, 2.05) is 0 Å². The Morgan fingerprint density at radius 3 is 3.05 bits per heavy atom. The van der Waals surface area contributed by atoms with Crippen molar-refractivity contribution in [1.29, 1.82) is 5.26 Å². The maximum atomic E-state index is 11.8. The van der Waals surface area contributed by atoms with E-state index in [-0.39, 0.29) is 12.4 Å². The summed E-state index contributed by atoms with van der Waals surface area (Å²) < 4.78 is 30.9. The Morgan fingerprint density at radius 2 is 2.37 bits per heavy atom. The minimum atomic E-state index is -3.46. The first-order valence-electron chi connectivity index (χ1n) is 5.82. The van der Waals surface area contributed by atoms with E-state index >= 15 is 0 Å². The van der Waals surface area contributed by atoms with Gasteiger partial charge in [-0.3, -0.25) is 4.72 Å². The molecule has 0 radical (unpaired) electrons. The zero-order chi connectivity index (χ0) is 13.9. The summed E-state index contributed by atoms with van der Waals surface area (Å²) in [5, 5.41) is 12.8. The van der Waals surface area contributed by atoms with E-state index in [1.165, 1.54) is 18.4 Å². The van der Waals surface area contributed by atoms with Crippen molar-refractivity contribution in [3.63, 3.8) is 0 Å². The molecule has 0 aliphatic carbocycles. The maximum absolute atomic E-state index is 11.8. The Balaban J connectivity index is 2.26. The van der Waals surface area contributed by atoms with E-state index in [4.69, 9.17) is 4.74 Å². The third-order valence-corrected chi connectivity index (χ3v) is 5.34. The van der Waals surface area contributed by atoms with Crippen molar-refractivity contribution in [2.75, 3.05) is 30.7 Å². The van der Waals surface area contributed by atoms with Gasteiger partial charge < -0.3 is 10.1 Å². The quantitative estimate of drug-likeness (QED) is 0.833. The van der Waals surface area contributed by atoms with E-state index in [0.29, 0.717) is 17.1 Å². The number of rotatable bonds is 5. The van der Waals surface area contributed by atoms with Crippen LogP contribution in [0.25, 0.3) is 0 Å². The highest BCUT2D eigenvalue weighted by molar-refractivity contribution is 7.92. The minimum absolute atomic E-state index is 0.116. The predicted octanol–water partition coefficient (Wildman–Crippen LogP) is 0.654. The molecule has 0 saturated carbocycles. The molecule has 19 heavy (non-hydrogen) atoms. The number of methoxy groups -OCH3 is 1. The van der Waals surface area contributed by atoms with E-state index in [2.05, 4.69) is 16.1 Å². The van der Waals surface area contributed by atoms with Gasteiger partial charge in [0.1, 0.15) is 11.1 Å². The van der Waals surface area contributed by atoms with Crippen LogP contribution >= 0.6 is 11.3 Å². The van der Waals surface area contributed by atoms with Gasteiger partial charge in [0.05, 0.1) is 17.9 Å². The SMILES string of the molecule is COCCS(=O)(=O)Nc1sc2c(c1C#N)CCNC2. The van der Waals surface area contributed by atoms with Crippen LogP contribution in [0.5, 0.6) is 0 Å². The summed E-state index contributed by atoms with van der Waals surface area (Å²) in [6.07, 6.45) is 0.758. The average molecular weight is 301 g/mol. The minimum Gasteiger partial charge on any atom is -0.384 e. The van der Waals surface area contributed by atoms with E-state index in [1.54, 1.807) is 0 Å². The Bertz CT molecular complexity index is 601. The summed E-state index contributed by atoms with van der Waals surface area (Å²) in [7, 11) is -2.01. The third-order valence-electron chi connectivity index (χ3n) is 2.84. The van der Waals surface area contributed by atoms with Crippen LogP contribution in [0.1, 0.15) is 16.0 Å². The Kier molecular flexibility index (Phi) is 4.42. The molecule has 1 aliphatic heterocycles. The Hall–Kier alpha value is -1.14. The van der Waals surface area contributed by atoms with E-state index in [0.717, 1.165) is 23.4 Å². The number of nitriles is 1. The number of nitrogens with zero attached hydrogens (tertiary/aromatic N) is 1. The summed E-state index contributed by atoms with van der Waals surface area (Å²) in [6.45, 7) is 1.63. The molecule has 6 nitrogen and oxygen atoms in total. The van der Waals surface area contributed by atoms with E-state index < -0.39 is 10.0 Å². The lowest BCUT2D eigenvalue weighted by molar-refractivity contribution is 0.217. The molecule has 2 heterocycles. The van der Waals surface area contributed by atoms with Crippen molar-refractivity contribution >= 4 is 26.4 Å². The normalized spacial score (nSPS) is 14.7. The van der Waals surface area contributed by atoms with Gasteiger partial charge in [0.25, 0.3) is 0 Å². The van der Waals surface area contributed by atoms with Gasteiger partial charge >= 0.3 is 0 Å². The maximum Gasteiger partial charge on any atom is 0.235 e. The van der Waals surface area contributed by atoms with Gasteiger partial charge in [-0.2, -0.15) is 5.26 Å². The van der Waals surface area contributed by atoms with E-state index in [9.17, 15) is 13.7 Å². The van der Waals surface area contributed by atoms with Crippen LogP contribution < -0.4 is 10.0 Å². The molecule has 2 rings (SSSR count). The fraction of sp³-hybridized carbons (Fsp3) is 0.545. The molecule has 0 bridgehead atoms. The smallest absolute Gasteiger partial charge is 0.235 e. The van der Waals surface area contributed by atoms with Crippen molar-refractivity contribution in [3.05, 3.63) is 16.0 Å². The first-order chi connectivity index (χ1) is 9.07. The summed E-state index contributed by atoms with van der Waals surface area (Å²) in [6, 6.07) is 2.11. The molecule has 0 amide bonds. The van der Waals surface area contributed by atoms with Crippen molar-refractivity contribution in [3.8, 4) is 6.07 Å². The highest BCUT2D eigenvalue weighted by Crippen LogP contribution is 2.35. The van der Waals surface area contributed by atoms with Crippen LogP contribution in [0.4, 0.5) is 5.00 Å². The highest BCUT2D eigenvalue weighted by atomic mass is 32.2. The van der Waals surface area contributed by atoms with Crippen LogP contribution in [-0.4, -0.2) is 34.4 Å². The van der Waals surface area contributed by atoms with Gasteiger partial charge in [0.2, 0.25) is 10.0 Å². The van der Waals surface area contributed by atoms with Crippen LogP contribution in [0, 0.1) is 11.3 Å². The zero-order valence-electron chi connectivity index (χ0n) is 10.5. The zero-order valence-corrected chi connectivity index (χ0v) is 12.2. The Labute approximate surface area is 116 Å². The van der Waals surface area contributed by atoms with Crippen molar-refractivity contribution in [2.24, 2.45) is 0 Å². The molecule has 0 saturated heterocycles. The van der Waals surface area contributed by atoms with Gasteiger partial charge in [0.15, 0.2) is 0 Å². The molecule has 0 aromatic carbocycles. The number of fused-ring (bicyclic) bond motifs is 1. The van der Waals surface area contributed by atoms with Crippen LogP contribution in [-0.2, 0) is 27.7 Å². The number of hydrogen-bond donors (Lipinski definition) is 2. The lowest BCUT2D eigenvalue weighted by atomic mass is 10.1. The van der Waals surface area contributed by atoms with Gasteiger partial charge in [-0.05, 0) is 18.5 Å². The molecular weight excluding hydrogens is 286 g/mol. The number of ether oxygens (including phenoxy) is 1. The molecule has 1 aliphatic rings. The molecule has 8 heteroatoms. The molecule has 0 unspecified atom stereocenters. The number of thiophene rings is 1. The first-order valence-corrected chi connectivity index (χ1v) is 8.29. The molecule has 104 valence electrons. The third kappa shape index (κ3) is 3.25. The lowest BCUT2D eigenvalue weighted by Crippen LogP contribution is -2.22. The van der Waals surface area contributed by atoms with Crippen molar-refractivity contribution in [2.45, 2.75) is 13.0 Å². The molecule has 0 fully saturated rings. The standard InChI is InChI=1S/C11H15N3O3S2/c1-17-4-5-19(15,16)14-11-9(6-12)8-2-3-13-7-10(8)18-11/h13-14H,2-5,7H2,1H3. The summed E-state index contributed by atoms with van der Waals surface area (Å²) in [5.41, 5.74) is 1.43. The number of sulfonamides is 1. The van der Waals surface area contributed by atoms with Crippen LogP contribution in [0.2, 0.25) is 0 Å². The monoisotopic (exact) mass is 301 g/mol. The fourth-order valence-corrected chi connectivity index (χ4v) is 4.35. The van der Waals surface area contributed by atoms with Gasteiger partial charge in [-0.1, -0.05) is 0 Å². The molecule has 0 spiro atoms.